The first kappa shape index (κ1) is 10.3. The van der Waals surface area contributed by atoms with E-state index in [4.69, 9.17) is 5.73 Å². The van der Waals surface area contributed by atoms with E-state index >= 15 is 0 Å². The van der Waals surface area contributed by atoms with Crippen LogP contribution < -0.4 is 5.73 Å². The van der Waals surface area contributed by atoms with Crippen LogP contribution in [0.1, 0.15) is 43.2 Å². The van der Waals surface area contributed by atoms with E-state index in [9.17, 15) is 0 Å². The van der Waals surface area contributed by atoms with E-state index in [0.29, 0.717) is 6.04 Å². The summed E-state index contributed by atoms with van der Waals surface area (Å²) < 4.78 is 0. The van der Waals surface area contributed by atoms with E-state index in [2.05, 4.69) is 31.2 Å². The Morgan fingerprint density at radius 2 is 2.06 bits per heavy atom. The molecule has 3 atom stereocenters. The molecule has 86 valence electrons. The van der Waals surface area contributed by atoms with Crippen molar-refractivity contribution in [2.75, 3.05) is 0 Å². The van der Waals surface area contributed by atoms with Gasteiger partial charge in [0.25, 0.3) is 0 Å². The molecule has 16 heavy (non-hydrogen) atoms. The molecule has 0 aromatic heterocycles. The Balaban J connectivity index is 1.61. The highest BCUT2D eigenvalue weighted by Crippen LogP contribution is 2.42. The molecule has 0 heterocycles. The fourth-order valence-electron chi connectivity index (χ4n) is 3.09. The van der Waals surface area contributed by atoms with E-state index in [1.807, 2.05) is 0 Å². The Labute approximate surface area is 98.0 Å². The highest BCUT2D eigenvalue weighted by atomic mass is 14.7. The number of hydrogen-bond donors (Lipinski definition) is 1. The lowest BCUT2D eigenvalue weighted by atomic mass is 9.73. The van der Waals surface area contributed by atoms with Gasteiger partial charge in [0.05, 0.1) is 0 Å². The minimum atomic E-state index is 0.408. The Hall–Kier alpha value is -0.820. The highest BCUT2D eigenvalue weighted by molar-refractivity contribution is 5.39. The maximum Gasteiger partial charge on any atom is 0.00731 e. The van der Waals surface area contributed by atoms with Crippen molar-refractivity contribution in [2.45, 2.75) is 44.6 Å². The molecule has 0 saturated heterocycles. The van der Waals surface area contributed by atoms with Crippen LogP contribution in [0, 0.1) is 11.8 Å². The Morgan fingerprint density at radius 3 is 2.75 bits per heavy atom. The maximum absolute atomic E-state index is 6.33. The van der Waals surface area contributed by atoms with Gasteiger partial charge in [0, 0.05) is 6.04 Å². The van der Waals surface area contributed by atoms with Gasteiger partial charge >= 0.3 is 0 Å². The van der Waals surface area contributed by atoms with Gasteiger partial charge in [-0.15, -0.1) is 0 Å². The van der Waals surface area contributed by atoms with E-state index in [0.717, 1.165) is 17.8 Å². The van der Waals surface area contributed by atoms with Crippen molar-refractivity contribution in [2.24, 2.45) is 17.6 Å². The lowest BCUT2D eigenvalue weighted by Gasteiger charge is -2.33. The minimum Gasteiger partial charge on any atom is -0.327 e. The molecule has 0 spiro atoms. The summed E-state index contributed by atoms with van der Waals surface area (Å²) in [5, 5.41) is 0. The molecular formula is C15H21N. The zero-order valence-electron chi connectivity index (χ0n) is 10.0. The molecule has 1 nitrogen and oxygen atoms in total. The number of rotatable bonds is 4. The summed E-state index contributed by atoms with van der Waals surface area (Å²) in [6, 6.07) is 9.23. The predicted octanol–water partition coefficient (Wildman–Crippen LogP) is 3.09. The van der Waals surface area contributed by atoms with Gasteiger partial charge in [0.1, 0.15) is 0 Å². The number of fused-ring (bicyclic) bond motifs is 1. The first-order valence-corrected chi connectivity index (χ1v) is 6.59. The lowest BCUT2D eigenvalue weighted by Crippen LogP contribution is -2.34. The third-order valence-electron chi connectivity index (χ3n) is 4.56. The van der Waals surface area contributed by atoms with Crippen molar-refractivity contribution in [1.29, 1.82) is 0 Å². The maximum atomic E-state index is 6.33. The molecule has 2 aliphatic rings. The largest absolute Gasteiger partial charge is 0.327 e. The minimum absolute atomic E-state index is 0.408. The molecule has 2 N–H and O–H groups in total. The van der Waals surface area contributed by atoms with Crippen LogP contribution in [0.5, 0.6) is 0 Å². The van der Waals surface area contributed by atoms with Crippen LogP contribution in [-0.2, 0) is 6.42 Å². The fraction of sp³-hybridized carbons (Fsp3) is 0.600. The summed E-state index contributed by atoms with van der Waals surface area (Å²) in [6.45, 7) is 2.34. The normalized spacial score (nSPS) is 26.8. The molecule has 0 amide bonds. The second-order valence-electron chi connectivity index (χ2n) is 5.70. The molecule has 3 unspecified atom stereocenters. The van der Waals surface area contributed by atoms with Crippen molar-refractivity contribution in [3.05, 3.63) is 35.4 Å². The van der Waals surface area contributed by atoms with Crippen molar-refractivity contribution < 1.29 is 0 Å². The molecule has 1 aromatic rings. The van der Waals surface area contributed by atoms with Gasteiger partial charge in [-0.3, -0.25) is 0 Å². The van der Waals surface area contributed by atoms with Gasteiger partial charge in [-0.1, -0.05) is 31.2 Å². The van der Waals surface area contributed by atoms with Crippen molar-refractivity contribution >= 4 is 0 Å². The smallest absolute Gasteiger partial charge is 0.00731 e. The van der Waals surface area contributed by atoms with Crippen LogP contribution in [0.4, 0.5) is 0 Å². The molecule has 1 aromatic carbocycles. The lowest BCUT2D eigenvalue weighted by molar-refractivity contribution is 0.353. The van der Waals surface area contributed by atoms with Crippen LogP contribution in [0.3, 0.4) is 0 Å². The average molecular weight is 215 g/mol. The topological polar surface area (TPSA) is 26.0 Å². The highest BCUT2D eigenvalue weighted by Gasteiger charge is 2.34. The molecule has 0 aliphatic heterocycles. The van der Waals surface area contributed by atoms with Crippen LogP contribution in [-0.4, -0.2) is 6.04 Å². The van der Waals surface area contributed by atoms with Crippen molar-refractivity contribution in [1.82, 2.24) is 0 Å². The molecular weight excluding hydrogens is 194 g/mol. The van der Waals surface area contributed by atoms with Crippen LogP contribution >= 0.6 is 0 Å². The molecule has 1 fully saturated rings. The molecule has 0 bridgehead atoms. The van der Waals surface area contributed by atoms with E-state index in [1.54, 1.807) is 11.1 Å². The van der Waals surface area contributed by atoms with Gasteiger partial charge in [-0.25, -0.2) is 0 Å². The van der Waals surface area contributed by atoms with Crippen molar-refractivity contribution in [3.63, 3.8) is 0 Å². The predicted molar refractivity (Wildman–Crippen MR) is 67.4 cm³/mol. The van der Waals surface area contributed by atoms with Crippen LogP contribution in [0.2, 0.25) is 0 Å². The number of benzene rings is 1. The summed E-state index contributed by atoms with van der Waals surface area (Å²) in [7, 11) is 0. The second-order valence-corrected chi connectivity index (χ2v) is 5.70. The number of nitrogens with two attached hydrogens (primary N) is 1. The quantitative estimate of drug-likeness (QED) is 0.820. The summed E-state index contributed by atoms with van der Waals surface area (Å²) in [4.78, 5) is 0. The summed E-state index contributed by atoms with van der Waals surface area (Å²) in [6.07, 6.45) is 5.27. The SMILES string of the molecule is CC(C(N)CC1Cc2ccccc21)C1CC1. The molecule has 3 rings (SSSR count). The average Bonchev–Trinajstić information content (AvgIpc) is 3.08. The molecule has 2 aliphatic carbocycles. The van der Waals surface area contributed by atoms with Gasteiger partial charge < -0.3 is 5.73 Å². The Kier molecular flexibility index (Phi) is 2.51. The Bertz CT molecular complexity index is 381. The first-order chi connectivity index (χ1) is 7.75. The zero-order valence-corrected chi connectivity index (χ0v) is 10.0. The standard InChI is InChI=1S/C15H21N/c1-10(11-6-7-11)15(16)9-13-8-12-4-2-3-5-14(12)13/h2-5,10-11,13,15H,6-9,16H2,1H3. The van der Waals surface area contributed by atoms with Crippen LogP contribution in [0.15, 0.2) is 24.3 Å². The number of hydrogen-bond acceptors (Lipinski definition) is 1. The second kappa shape index (κ2) is 3.89. The van der Waals surface area contributed by atoms with Gasteiger partial charge in [0.2, 0.25) is 0 Å². The summed E-state index contributed by atoms with van der Waals surface area (Å²) in [5.74, 6) is 2.41. The molecule has 1 saturated carbocycles. The van der Waals surface area contributed by atoms with Gasteiger partial charge in [-0.05, 0) is 54.6 Å². The molecule has 0 radical (unpaired) electrons. The summed E-state index contributed by atoms with van der Waals surface area (Å²) in [5.41, 5.74) is 9.42. The Morgan fingerprint density at radius 1 is 1.31 bits per heavy atom. The van der Waals surface area contributed by atoms with Crippen LogP contribution in [0.25, 0.3) is 0 Å². The monoisotopic (exact) mass is 215 g/mol. The van der Waals surface area contributed by atoms with E-state index in [1.165, 1.54) is 25.7 Å². The third kappa shape index (κ3) is 1.78. The van der Waals surface area contributed by atoms with E-state index < -0.39 is 0 Å². The van der Waals surface area contributed by atoms with Crippen molar-refractivity contribution in [3.8, 4) is 0 Å². The fourth-order valence-corrected chi connectivity index (χ4v) is 3.09. The summed E-state index contributed by atoms with van der Waals surface area (Å²) >= 11 is 0. The third-order valence-corrected chi connectivity index (χ3v) is 4.56. The first-order valence-electron chi connectivity index (χ1n) is 6.59. The molecule has 1 heteroatoms. The van der Waals surface area contributed by atoms with Gasteiger partial charge in [0.15, 0.2) is 0 Å². The zero-order chi connectivity index (χ0) is 11.1. The van der Waals surface area contributed by atoms with Gasteiger partial charge in [-0.2, -0.15) is 0 Å². The van der Waals surface area contributed by atoms with E-state index in [-0.39, 0.29) is 0 Å².